The number of aromatic amines is 1. The van der Waals surface area contributed by atoms with Crippen molar-refractivity contribution in [2.45, 2.75) is 19.8 Å². The SMILES string of the molecule is C.FC(F)(F)c1n[nH]c(C(F)(F)F)n1. The van der Waals surface area contributed by atoms with Crippen molar-refractivity contribution < 1.29 is 26.3 Å². The molecule has 0 aromatic carbocycles. The van der Waals surface area contributed by atoms with Crippen molar-refractivity contribution >= 4 is 0 Å². The molecule has 82 valence electrons. The number of aromatic nitrogens is 3. The predicted molar refractivity (Wildman–Crippen MR) is 33.1 cm³/mol. The second kappa shape index (κ2) is 3.46. The fourth-order valence-electron chi connectivity index (χ4n) is 0.515. The Labute approximate surface area is 74.1 Å². The Balaban J connectivity index is 0.00000169. The first-order valence-corrected chi connectivity index (χ1v) is 2.78. The number of hydrogen-bond acceptors (Lipinski definition) is 2. The normalized spacial score (nSPS) is 12.4. The number of nitrogens with zero attached hydrogens (tertiary/aromatic N) is 2. The zero-order valence-corrected chi connectivity index (χ0v) is 5.66. The smallest absolute Gasteiger partial charge is 0.255 e. The highest BCUT2D eigenvalue weighted by Crippen LogP contribution is 2.30. The van der Waals surface area contributed by atoms with Crippen molar-refractivity contribution in [3.05, 3.63) is 11.6 Å². The van der Waals surface area contributed by atoms with Crippen LogP contribution in [0.3, 0.4) is 0 Å². The molecule has 3 nitrogen and oxygen atoms in total. The van der Waals surface area contributed by atoms with E-state index >= 15 is 0 Å². The van der Waals surface area contributed by atoms with Gasteiger partial charge in [0.25, 0.3) is 5.82 Å². The molecule has 0 saturated heterocycles. The van der Waals surface area contributed by atoms with Crippen LogP contribution in [0.15, 0.2) is 0 Å². The molecular weight excluding hydrogens is 216 g/mol. The van der Waals surface area contributed by atoms with Crippen molar-refractivity contribution in [1.29, 1.82) is 0 Å². The molecule has 1 heterocycles. The van der Waals surface area contributed by atoms with Gasteiger partial charge in [-0.1, -0.05) is 7.43 Å². The van der Waals surface area contributed by atoms with Gasteiger partial charge in [0.15, 0.2) is 0 Å². The lowest BCUT2D eigenvalue weighted by Crippen LogP contribution is -2.10. The van der Waals surface area contributed by atoms with Crippen molar-refractivity contribution in [1.82, 2.24) is 15.2 Å². The highest BCUT2D eigenvalue weighted by atomic mass is 19.4. The van der Waals surface area contributed by atoms with Gasteiger partial charge in [-0.3, -0.25) is 5.10 Å². The minimum absolute atomic E-state index is 0. The molecule has 9 heteroatoms. The Morgan fingerprint density at radius 2 is 1.43 bits per heavy atom. The summed E-state index contributed by atoms with van der Waals surface area (Å²) in [5, 5.41) is 3.52. The average Bonchev–Trinajstić information content (AvgIpc) is 2.28. The molecule has 0 bridgehead atoms. The van der Waals surface area contributed by atoms with E-state index in [4.69, 9.17) is 0 Å². The number of hydrogen-bond donors (Lipinski definition) is 1. The minimum Gasteiger partial charge on any atom is -0.255 e. The summed E-state index contributed by atoms with van der Waals surface area (Å²) in [6.45, 7) is 0. The maximum absolute atomic E-state index is 11.7. The molecule has 0 unspecified atom stereocenters. The zero-order chi connectivity index (χ0) is 10.3. The van der Waals surface area contributed by atoms with Crippen LogP contribution in [0.2, 0.25) is 0 Å². The topological polar surface area (TPSA) is 41.6 Å². The number of rotatable bonds is 0. The van der Waals surface area contributed by atoms with Crippen LogP contribution in [-0.2, 0) is 12.4 Å². The third-order valence-corrected chi connectivity index (χ3v) is 1.01. The molecular formula is C5H5F6N3. The first-order chi connectivity index (χ1) is 5.71. The molecule has 0 aliphatic heterocycles. The third-order valence-electron chi connectivity index (χ3n) is 1.01. The van der Waals surface area contributed by atoms with E-state index in [0.717, 1.165) is 5.10 Å². The zero-order valence-electron chi connectivity index (χ0n) is 5.66. The maximum Gasteiger partial charge on any atom is 0.453 e. The summed E-state index contributed by atoms with van der Waals surface area (Å²) in [5.41, 5.74) is 0. The number of halogens is 6. The summed E-state index contributed by atoms with van der Waals surface area (Å²) in [4.78, 5) is 2.24. The van der Waals surface area contributed by atoms with Gasteiger partial charge in [0.05, 0.1) is 0 Å². The highest BCUT2D eigenvalue weighted by Gasteiger charge is 2.41. The number of nitrogens with one attached hydrogen (secondary N) is 1. The van der Waals surface area contributed by atoms with Gasteiger partial charge in [-0.05, 0) is 0 Å². The molecule has 1 aromatic rings. The van der Waals surface area contributed by atoms with Crippen LogP contribution in [0.1, 0.15) is 19.1 Å². The molecule has 1 aromatic heterocycles. The number of H-pyrrole nitrogens is 1. The summed E-state index contributed by atoms with van der Waals surface area (Å²) in [7, 11) is 0. The van der Waals surface area contributed by atoms with Crippen LogP contribution < -0.4 is 0 Å². The van der Waals surface area contributed by atoms with Crippen molar-refractivity contribution in [3.8, 4) is 0 Å². The van der Waals surface area contributed by atoms with E-state index in [1.807, 2.05) is 0 Å². The lowest BCUT2D eigenvalue weighted by molar-refractivity contribution is -0.150. The molecule has 0 aliphatic carbocycles. The second-order valence-electron chi connectivity index (χ2n) is 2.00. The molecule has 0 spiro atoms. The summed E-state index contributed by atoms with van der Waals surface area (Å²) in [6.07, 6.45) is -9.92. The van der Waals surface area contributed by atoms with Gasteiger partial charge in [0.1, 0.15) is 0 Å². The van der Waals surface area contributed by atoms with E-state index in [9.17, 15) is 26.3 Å². The second-order valence-corrected chi connectivity index (χ2v) is 2.00. The van der Waals surface area contributed by atoms with Gasteiger partial charge in [-0.15, -0.1) is 5.10 Å². The first-order valence-electron chi connectivity index (χ1n) is 2.78. The molecule has 1 N–H and O–H groups in total. The average molecular weight is 221 g/mol. The van der Waals surface area contributed by atoms with E-state index in [1.54, 1.807) is 0 Å². The van der Waals surface area contributed by atoms with Gasteiger partial charge in [-0.25, -0.2) is 0 Å². The summed E-state index contributed by atoms with van der Waals surface area (Å²) in [5.74, 6) is -3.60. The van der Waals surface area contributed by atoms with Gasteiger partial charge >= 0.3 is 12.4 Å². The van der Waals surface area contributed by atoms with Crippen LogP contribution in [0.25, 0.3) is 0 Å². The van der Waals surface area contributed by atoms with Crippen molar-refractivity contribution in [2.24, 2.45) is 0 Å². The van der Waals surface area contributed by atoms with Gasteiger partial charge < -0.3 is 0 Å². The van der Waals surface area contributed by atoms with Gasteiger partial charge in [0, 0.05) is 0 Å². The summed E-state index contributed by atoms with van der Waals surface area (Å²) >= 11 is 0. The Morgan fingerprint density at radius 1 is 0.929 bits per heavy atom. The maximum atomic E-state index is 11.7. The van der Waals surface area contributed by atoms with E-state index in [-0.39, 0.29) is 7.43 Å². The van der Waals surface area contributed by atoms with Crippen LogP contribution in [0, 0.1) is 0 Å². The van der Waals surface area contributed by atoms with Crippen LogP contribution >= 0.6 is 0 Å². The molecule has 14 heavy (non-hydrogen) atoms. The summed E-state index contributed by atoms with van der Waals surface area (Å²) < 4.78 is 70.1. The predicted octanol–water partition coefficient (Wildman–Crippen LogP) is 2.48. The van der Waals surface area contributed by atoms with Gasteiger partial charge in [-0.2, -0.15) is 31.3 Å². The Kier molecular flexibility index (Phi) is 3.15. The van der Waals surface area contributed by atoms with Crippen molar-refractivity contribution in [3.63, 3.8) is 0 Å². The molecule has 0 fully saturated rings. The molecule has 0 saturated carbocycles. The Hall–Kier alpha value is -1.28. The molecule has 0 radical (unpaired) electrons. The Morgan fingerprint density at radius 3 is 1.64 bits per heavy atom. The first kappa shape index (κ1) is 12.7. The third kappa shape index (κ3) is 2.60. The van der Waals surface area contributed by atoms with Crippen LogP contribution in [-0.4, -0.2) is 15.2 Å². The van der Waals surface area contributed by atoms with Crippen molar-refractivity contribution in [2.75, 3.05) is 0 Å². The highest BCUT2D eigenvalue weighted by molar-refractivity contribution is 4.96. The minimum atomic E-state index is -4.97. The fourth-order valence-corrected chi connectivity index (χ4v) is 0.515. The lowest BCUT2D eigenvalue weighted by Gasteiger charge is -1.99. The number of alkyl halides is 6. The van der Waals surface area contributed by atoms with E-state index in [2.05, 4.69) is 10.1 Å². The molecule has 0 amide bonds. The van der Waals surface area contributed by atoms with E-state index < -0.39 is 24.0 Å². The van der Waals surface area contributed by atoms with Gasteiger partial charge in [0.2, 0.25) is 5.82 Å². The monoisotopic (exact) mass is 221 g/mol. The molecule has 1 rings (SSSR count). The summed E-state index contributed by atoms with van der Waals surface area (Å²) in [6, 6.07) is 0. The van der Waals surface area contributed by atoms with Crippen LogP contribution in [0.5, 0.6) is 0 Å². The fraction of sp³-hybridized carbons (Fsp3) is 0.600. The quantitative estimate of drug-likeness (QED) is 0.683. The Bertz CT molecular complexity index is 269. The largest absolute Gasteiger partial charge is 0.453 e. The standard InChI is InChI=1S/C4HF6N3.CH4/c5-3(6,7)1-11-2(13-12-1)4(8,9)10;/h(H,11,12,13);1H4. The van der Waals surface area contributed by atoms with Crippen LogP contribution in [0.4, 0.5) is 26.3 Å². The van der Waals surface area contributed by atoms with E-state index in [1.165, 1.54) is 0 Å². The van der Waals surface area contributed by atoms with E-state index in [0.29, 0.717) is 0 Å². The molecule has 0 aliphatic rings. The lowest BCUT2D eigenvalue weighted by atomic mass is 10.6. The molecule has 0 atom stereocenters.